The number of carbonyl (C=O) groups is 3. The first-order chi connectivity index (χ1) is 15.8. The summed E-state index contributed by atoms with van der Waals surface area (Å²) in [5.74, 6) is -0.253. The topological polar surface area (TPSA) is 95.9 Å². The van der Waals surface area contributed by atoms with Gasteiger partial charge in [-0.15, -0.1) is 0 Å². The Morgan fingerprint density at radius 1 is 1.09 bits per heavy atom. The summed E-state index contributed by atoms with van der Waals surface area (Å²) in [7, 11) is 0. The van der Waals surface area contributed by atoms with E-state index in [-0.39, 0.29) is 24.9 Å². The summed E-state index contributed by atoms with van der Waals surface area (Å²) < 4.78 is 5.59. The number of hydrogen-bond acceptors (Lipinski definition) is 5. The number of rotatable bonds is 6. The minimum Gasteiger partial charge on any atom is -0.480 e. The average molecular weight is 469 g/mol. The Kier molecular flexibility index (Phi) is 6.65. The number of thioether (sulfide) groups is 1. The molecule has 1 atom stereocenters. The molecule has 0 spiro atoms. The third-order valence-corrected chi connectivity index (χ3v) is 7.13. The quantitative estimate of drug-likeness (QED) is 0.671. The summed E-state index contributed by atoms with van der Waals surface area (Å²) in [6.07, 6.45) is -0.607. The molecule has 8 heteroatoms. The Bertz CT molecular complexity index is 1020. The summed E-state index contributed by atoms with van der Waals surface area (Å²) in [6.45, 7) is 4.05. The second kappa shape index (κ2) is 9.47. The van der Waals surface area contributed by atoms with Crippen molar-refractivity contribution < 1.29 is 24.2 Å². The van der Waals surface area contributed by atoms with Gasteiger partial charge in [-0.3, -0.25) is 4.79 Å². The van der Waals surface area contributed by atoms with Crippen molar-refractivity contribution >= 4 is 29.7 Å². The van der Waals surface area contributed by atoms with E-state index in [9.17, 15) is 19.5 Å². The zero-order valence-electron chi connectivity index (χ0n) is 18.7. The number of carbonyl (C=O) groups excluding carboxylic acids is 2. The Labute approximate surface area is 197 Å². The Hall–Kier alpha value is -3.00. The van der Waals surface area contributed by atoms with Crippen molar-refractivity contribution in [2.75, 3.05) is 24.7 Å². The van der Waals surface area contributed by atoms with Gasteiger partial charge in [0.05, 0.1) is 0 Å². The maximum atomic E-state index is 12.8. The molecule has 0 saturated carbocycles. The first kappa shape index (κ1) is 23.2. The van der Waals surface area contributed by atoms with E-state index in [1.165, 1.54) is 16.7 Å². The first-order valence-corrected chi connectivity index (χ1v) is 12.2. The molecule has 2 amide bonds. The maximum absolute atomic E-state index is 12.8. The number of carboxylic acids is 1. The van der Waals surface area contributed by atoms with Crippen LogP contribution < -0.4 is 5.32 Å². The Morgan fingerprint density at radius 2 is 1.70 bits per heavy atom. The van der Waals surface area contributed by atoms with Gasteiger partial charge in [-0.25, -0.2) is 9.59 Å². The van der Waals surface area contributed by atoms with Gasteiger partial charge in [-0.1, -0.05) is 48.5 Å². The van der Waals surface area contributed by atoms with Gasteiger partial charge in [-0.05, 0) is 36.1 Å². The highest BCUT2D eigenvalue weighted by Gasteiger charge is 2.36. The molecule has 4 rings (SSSR count). The van der Waals surface area contributed by atoms with E-state index < -0.39 is 23.6 Å². The average Bonchev–Trinajstić information content (AvgIpc) is 3.11. The fraction of sp³-hybridized carbons (Fsp3) is 0.400. The second-order valence-corrected chi connectivity index (χ2v) is 10.2. The first-order valence-electron chi connectivity index (χ1n) is 11.0. The molecule has 1 fully saturated rings. The molecule has 1 unspecified atom stereocenters. The predicted octanol–water partition coefficient (Wildman–Crippen LogP) is 3.72. The molecule has 0 radical (unpaired) electrons. The summed E-state index contributed by atoms with van der Waals surface area (Å²) >= 11 is 1.53. The van der Waals surface area contributed by atoms with Gasteiger partial charge in [0, 0.05) is 35.9 Å². The van der Waals surface area contributed by atoms with Crippen LogP contribution in [0.25, 0.3) is 11.1 Å². The van der Waals surface area contributed by atoms with Crippen molar-refractivity contribution in [3.05, 3.63) is 59.7 Å². The molecule has 33 heavy (non-hydrogen) atoms. The van der Waals surface area contributed by atoms with E-state index in [0.29, 0.717) is 18.1 Å². The molecule has 1 aliphatic carbocycles. The van der Waals surface area contributed by atoms with Crippen LogP contribution in [0.4, 0.5) is 4.79 Å². The molecule has 2 aromatic carbocycles. The van der Waals surface area contributed by atoms with Crippen LogP contribution in [-0.4, -0.2) is 64.2 Å². The lowest BCUT2D eigenvalue weighted by Crippen LogP contribution is -2.54. The van der Waals surface area contributed by atoms with Gasteiger partial charge >= 0.3 is 12.1 Å². The summed E-state index contributed by atoms with van der Waals surface area (Å²) in [4.78, 5) is 38.3. The number of nitrogens with zero attached hydrogens (tertiary/aromatic N) is 1. The number of nitrogens with one attached hydrogen (secondary N) is 1. The number of benzene rings is 2. The highest BCUT2D eigenvalue weighted by molar-refractivity contribution is 7.99. The van der Waals surface area contributed by atoms with Crippen molar-refractivity contribution in [3.63, 3.8) is 0 Å². The fourth-order valence-electron chi connectivity index (χ4n) is 4.54. The van der Waals surface area contributed by atoms with Crippen molar-refractivity contribution in [3.8, 4) is 11.1 Å². The SMILES string of the molecule is CC(C)(CC(=O)N1CCSCC1C(=O)O)NC(=O)OCC1c2ccccc2-c2ccccc21. The lowest BCUT2D eigenvalue weighted by atomic mass is 9.98. The molecular formula is C25H28N2O5S. The van der Waals surface area contributed by atoms with E-state index in [4.69, 9.17) is 4.74 Å². The number of aliphatic carboxylic acids is 1. The van der Waals surface area contributed by atoms with Crippen LogP contribution in [-0.2, 0) is 14.3 Å². The van der Waals surface area contributed by atoms with E-state index in [0.717, 1.165) is 22.3 Å². The third kappa shape index (κ3) is 5.00. The molecule has 2 N–H and O–H groups in total. The zero-order chi connectivity index (χ0) is 23.6. The minimum atomic E-state index is -1.00. The van der Waals surface area contributed by atoms with Crippen molar-refractivity contribution in [1.82, 2.24) is 10.2 Å². The maximum Gasteiger partial charge on any atom is 0.407 e. The molecule has 7 nitrogen and oxygen atoms in total. The van der Waals surface area contributed by atoms with Crippen molar-refractivity contribution in [1.29, 1.82) is 0 Å². The van der Waals surface area contributed by atoms with Crippen LogP contribution in [0.2, 0.25) is 0 Å². The number of fused-ring (bicyclic) bond motifs is 3. The van der Waals surface area contributed by atoms with E-state index in [1.807, 2.05) is 24.3 Å². The summed E-state index contributed by atoms with van der Waals surface area (Å²) in [5.41, 5.74) is 3.68. The number of alkyl carbamates (subject to hydrolysis) is 1. The molecule has 1 saturated heterocycles. The van der Waals surface area contributed by atoms with Gasteiger partial charge in [0.15, 0.2) is 0 Å². The van der Waals surface area contributed by atoms with Gasteiger partial charge < -0.3 is 20.1 Å². The van der Waals surface area contributed by atoms with Crippen LogP contribution in [0.1, 0.15) is 37.3 Å². The fourth-order valence-corrected chi connectivity index (χ4v) is 5.58. The minimum absolute atomic E-state index is 0.00829. The van der Waals surface area contributed by atoms with Crippen LogP contribution in [0.5, 0.6) is 0 Å². The molecule has 2 aliphatic rings. The molecule has 0 aromatic heterocycles. The largest absolute Gasteiger partial charge is 0.480 e. The number of amides is 2. The molecule has 174 valence electrons. The van der Waals surface area contributed by atoms with Crippen LogP contribution >= 0.6 is 11.8 Å². The molecular weight excluding hydrogens is 440 g/mol. The predicted molar refractivity (Wildman–Crippen MR) is 127 cm³/mol. The van der Waals surface area contributed by atoms with E-state index in [2.05, 4.69) is 29.6 Å². The Morgan fingerprint density at radius 3 is 2.30 bits per heavy atom. The highest BCUT2D eigenvalue weighted by atomic mass is 32.2. The van der Waals surface area contributed by atoms with E-state index in [1.54, 1.807) is 13.8 Å². The monoisotopic (exact) mass is 468 g/mol. The van der Waals surface area contributed by atoms with Gasteiger partial charge in [0.2, 0.25) is 5.91 Å². The standard InChI is InChI=1S/C25H28N2O5S/c1-25(2,13-22(28)27-11-12-33-15-21(27)23(29)30)26-24(31)32-14-20-18-9-5-3-7-16(18)17-8-4-6-10-19(17)20/h3-10,20-21H,11-15H2,1-2H3,(H,26,31)(H,29,30). The van der Waals surface area contributed by atoms with Gasteiger partial charge in [0.1, 0.15) is 12.6 Å². The summed E-state index contributed by atoms with van der Waals surface area (Å²) in [5, 5.41) is 12.2. The molecule has 1 aliphatic heterocycles. The number of hydrogen-bond donors (Lipinski definition) is 2. The zero-order valence-corrected chi connectivity index (χ0v) is 19.6. The summed E-state index contributed by atoms with van der Waals surface area (Å²) in [6, 6.07) is 15.4. The Balaban J connectivity index is 1.37. The van der Waals surface area contributed by atoms with Gasteiger partial charge in [0.25, 0.3) is 0 Å². The van der Waals surface area contributed by atoms with Crippen molar-refractivity contribution in [2.24, 2.45) is 0 Å². The van der Waals surface area contributed by atoms with Crippen molar-refractivity contribution in [2.45, 2.75) is 37.8 Å². The second-order valence-electron chi connectivity index (χ2n) is 9.03. The molecule has 0 bridgehead atoms. The normalized spacial score (nSPS) is 17.8. The van der Waals surface area contributed by atoms with Gasteiger partial charge in [-0.2, -0.15) is 11.8 Å². The van der Waals surface area contributed by atoms with Crippen LogP contribution in [0.15, 0.2) is 48.5 Å². The van der Waals surface area contributed by atoms with Crippen LogP contribution in [0, 0.1) is 0 Å². The lowest BCUT2D eigenvalue weighted by Gasteiger charge is -2.35. The number of ether oxygens (including phenoxy) is 1. The van der Waals surface area contributed by atoms with E-state index >= 15 is 0 Å². The van der Waals surface area contributed by atoms with Crippen LogP contribution in [0.3, 0.4) is 0 Å². The smallest absolute Gasteiger partial charge is 0.407 e. The number of carboxylic acid groups (broad SMARTS) is 1. The highest BCUT2D eigenvalue weighted by Crippen LogP contribution is 2.44. The molecule has 2 aromatic rings. The third-order valence-electron chi connectivity index (χ3n) is 6.11. The lowest BCUT2D eigenvalue weighted by molar-refractivity contribution is -0.149. The molecule has 1 heterocycles.